The Bertz CT molecular complexity index is 1370. The molecule has 0 radical (unpaired) electrons. The van der Waals surface area contributed by atoms with Crippen LogP contribution in [0.3, 0.4) is 0 Å². The van der Waals surface area contributed by atoms with E-state index in [1.165, 1.54) is 42.7 Å². The maximum Gasteiger partial charge on any atom is 0.256 e. The van der Waals surface area contributed by atoms with Gasteiger partial charge >= 0.3 is 0 Å². The number of rotatable bonds is 6. The van der Waals surface area contributed by atoms with Crippen molar-refractivity contribution >= 4 is 21.6 Å². The largest absolute Gasteiger partial charge is 0.310 e. The summed E-state index contributed by atoms with van der Waals surface area (Å²) in [4.78, 5) is 24.8. The number of carbonyl (C=O) groups excluding carboxylic acids is 1. The quantitative estimate of drug-likeness (QED) is 0.444. The van der Waals surface area contributed by atoms with Crippen LogP contribution in [0.25, 0.3) is 11.5 Å². The topological polar surface area (TPSA) is 133 Å². The minimum Gasteiger partial charge on any atom is -0.310 e. The number of sulfone groups is 1. The lowest BCUT2D eigenvalue weighted by Crippen LogP contribution is -2.14. The van der Waals surface area contributed by atoms with Crippen LogP contribution >= 0.6 is 0 Å². The van der Waals surface area contributed by atoms with Crippen LogP contribution in [-0.2, 0) is 9.84 Å². The minimum absolute atomic E-state index is 0.0805. The first kappa shape index (κ1) is 21.2. The molecule has 0 saturated heterocycles. The lowest BCUT2D eigenvalue weighted by Gasteiger charge is -2.11. The highest BCUT2D eigenvalue weighted by molar-refractivity contribution is 7.91. The molecule has 1 amide bonds. The SMILES string of the molecule is CC(C)n1cnnc1-c1cccc(NC(=O)c2cccc(S(=O)(=O)c3ncccn3)c2)n1. The van der Waals surface area contributed by atoms with Crippen LogP contribution in [-0.4, -0.2) is 44.0 Å². The average molecular weight is 449 g/mol. The van der Waals surface area contributed by atoms with Crippen LogP contribution < -0.4 is 5.32 Å². The molecule has 1 N–H and O–H groups in total. The van der Waals surface area contributed by atoms with Gasteiger partial charge in [-0.25, -0.2) is 23.4 Å². The highest BCUT2D eigenvalue weighted by Gasteiger charge is 2.22. The van der Waals surface area contributed by atoms with E-state index in [0.29, 0.717) is 17.3 Å². The van der Waals surface area contributed by atoms with E-state index in [2.05, 4.69) is 30.5 Å². The number of nitrogens with one attached hydrogen (secondary N) is 1. The Labute approximate surface area is 184 Å². The fourth-order valence-corrected chi connectivity index (χ4v) is 4.11. The predicted octanol–water partition coefficient (Wildman–Crippen LogP) is 2.80. The molecular weight excluding hydrogens is 430 g/mol. The second kappa shape index (κ2) is 8.63. The Balaban J connectivity index is 1.59. The van der Waals surface area contributed by atoms with E-state index in [4.69, 9.17) is 0 Å². The zero-order chi connectivity index (χ0) is 22.7. The van der Waals surface area contributed by atoms with E-state index in [0.717, 1.165) is 0 Å². The number of hydrogen-bond acceptors (Lipinski definition) is 8. The molecule has 0 saturated carbocycles. The molecular formula is C21H19N7O3S. The summed E-state index contributed by atoms with van der Waals surface area (Å²) in [6, 6.07) is 12.5. The zero-order valence-electron chi connectivity index (χ0n) is 17.2. The lowest BCUT2D eigenvalue weighted by molar-refractivity contribution is 0.102. The van der Waals surface area contributed by atoms with Crippen molar-refractivity contribution in [2.75, 3.05) is 5.32 Å². The second-order valence-electron chi connectivity index (χ2n) is 7.08. The Morgan fingerprint density at radius 1 is 1.03 bits per heavy atom. The van der Waals surface area contributed by atoms with Gasteiger partial charge in [0.15, 0.2) is 5.82 Å². The summed E-state index contributed by atoms with van der Waals surface area (Å²) >= 11 is 0. The Hall–Kier alpha value is -3.99. The minimum atomic E-state index is -3.95. The van der Waals surface area contributed by atoms with Crippen molar-refractivity contribution in [3.8, 4) is 11.5 Å². The molecule has 0 bridgehead atoms. The third kappa shape index (κ3) is 4.23. The van der Waals surface area contributed by atoms with Crippen molar-refractivity contribution in [1.82, 2.24) is 29.7 Å². The standard InChI is InChI=1S/C21H19N7O3S/c1-14(2)28-13-24-27-19(28)17-8-4-9-18(25-17)26-20(29)15-6-3-7-16(12-15)32(30,31)21-22-10-5-11-23-21/h3-14H,1-2H3,(H,25,26,29). The van der Waals surface area contributed by atoms with Gasteiger partial charge in [0.1, 0.15) is 17.8 Å². The first-order valence-corrected chi connectivity index (χ1v) is 11.1. The number of carbonyl (C=O) groups is 1. The molecule has 0 fully saturated rings. The van der Waals surface area contributed by atoms with E-state index in [9.17, 15) is 13.2 Å². The van der Waals surface area contributed by atoms with Crippen LogP contribution in [0.4, 0.5) is 5.82 Å². The van der Waals surface area contributed by atoms with Crippen LogP contribution in [0.5, 0.6) is 0 Å². The molecule has 10 nitrogen and oxygen atoms in total. The first-order chi connectivity index (χ1) is 15.4. The molecule has 162 valence electrons. The van der Waals surface area contributed by atoms with Gasteiger partial charge in [-0.1, -0.05) is 12.1 Å². The third-order valence-corrected chi connectivity index (χ3v) is 6.10. The monoisotopic (exact) mass is 449 g/mol. The predicted molar refractivity (Wildman–Crippen MR) is 116 cm³/mol. The molecule has 3 heterocycles. The van der Waals surface area contributed by atoms with Crippen molar-refractivity contribution in [3.05, 3.63) is 72.8 Å². The molecule has 1 aromatic carbocycles. The summed E-state index contributed by atoms with van der Waals surface area (Å²) in [6.07, 6.45) is 4.31. The summed E-state index contributed by atoms with van der Waals surface area (Å²) in [5, 5.41) is 10.4. The Morgan fingerprint density at radius 2 is 1.78 bits per heavy atom. The number of aromatic nitrogens is 6. The van der Waals surface area contributed by atoms with Crippen molar-refractivity contribution in [2.24, 2.45) is 0 Å². The van der Waals surface area contributed by atoms with Crippen molar-refractivity contribution < 1.29 is 13.2 Å². The van der Waals surface area contributed by atoms with Crippen molar-refractivity contribution in [2.45, 2.75) is 29.9 Å². The lowest BCUT2D eigenvalue weighted by atomic mass is 10.2. The highest BCUT2D eigenvalue weighted by atomic mass is 32.2. The first-order valence-electron chi connectivity index (χ1n) is 9.67. The van der Waals surface area contributed by atoms with Gasteiger partial charge in [0.2, 0.25) is 9.84 Å². The molecule has 0 atom stereocenters. The second-order valence-corrected chi connectivity index (χ2v) is 8.92. The van der Waals surface area contributed by atoms with Gasteiger partial charge in [0.25, 0.3) is 11.1 Å². The van der Waals surface area contributed by atoms with Crippen LogP contribution in [0.1, 0.15) is 30.2 Å². The number of hydrogen-bond donors (Lipinski definition) is 1. The fraction of sp³-hybridized carbons (Fsp3) is 0.143. The highest BCUT2D eigenvalue weighted by Crippen LogP contribution is 2.21. The third-order valence-electron chi connectivity index (χ3n) is 4.54. The van der Waals surface area contributed by atoms with E-state index >= 15 is 0 Å². The van der Waals surface area contributed by atoms with E-state index in [1.54, 1.807) is 24.5 Å². The maximum absolute atomic E-state index is 12.8. The van der Waals surface area contributed by atoms with Crippen molar-refractivity contribution in [1.29, 1.82) is 0 Å². The summed E-state index contributed by atoms with van der Waals surface area (Å²) in [7, 11) is -3.95. The van der Waals surface area contributed by atoms with Gasteiger partial charge in [-0.2, -0.15) is 0 Å². The fourth-order valence-electron chi connectivity index (χ4n) is 2.96. The smallest absolute Gasteiger partial charge is 0.256 e. The van der Waals surface area contributed by atoms with Crippen molar-refractivity contribution in [3.63, 3.8) is 0 Å². The summed E-state index contributed by atoms with van der Waals surface area (Å²) in [5.41, 5.74) is 0.700. The van der Waals surface area contributed by atoms with Gasteiger partial charge < -0.3 is 9.88 Å². The maximum atomic E-state index is 12.8. The molecule has 3 aromatic heterocycles. The average Bonchev–Trinajstić information content (AvgIpc) is 3.30. The Kier molecular flexibility index (Phi) is 5.73. The van der Waals surface area contributed by atoms with E-state index in [-0.39, 0.29) is 21.7 Å². The number of pyridine rings is 1. The van der Waals surface area contributed by atoms with Crippen LogP contribution in [0, 0.1) is 0 Å². The molecule has 0 aliphatic carbocycles. The van der Waals surface area contributed by atoms with Crippen LogP contribution in [0.2, 0.25) is 0 Å². The van der Waals surface area contributed by atoms with Gasteiger partial charge in [0, 0.05) is 24.0 Å². The van der Waals surface area contributed by atoms with Gasteiger partial charge in [0.05, 0.1) is 4.90 Å². The van der Waals surface area contributed by atoms with E-state index in [1.807, 2.05) is 18.4 Å². The molecule has 0 aliphatic rings. The summed E-state index contributed by atoms with van der Waals surface area (Å²) < 4.78 is 27.4. The molecule has 0 spiro atoms. The molecule has 0 unspecified atom stereocenters. The molecule has 4 aromatic rings. The molecule has 11 heteroatoms. The molecule has 4 rings (SSSR count). The normalized spacial score (nSPS) is 11.5. The molecule has 0 aliphatic heterocycles. The molecule has 32 heavy (non-hydrogen) atoms. The number of anilines is 1. The summed E-state index contributed by atoms with van der Waals surface area (Å²) in [5.74, 6) is 0.364. The van der Waals surface area contributed by atoms with Gasteiger partial charge in [-0.05, 0) is 50.2 Å². The van der Waals surface area contributed by atoms with Crippen LogP contribution in [0.15, 0.2) is 77.3 Å². The van der Waals surface area contributed by atoms with E-state index < -0.39 is 15.7 Å². The summed E-state index contributed by atoms with van der Waals surface area (Å²) in [6.45, 7) is 4.00. The number of benzene rings is 1. The number of nitrogens with zero attached hydrogens (tertiary/aromatic N) is 6. The zero-order valence-corrected chi connectivity index (χ0v) is 18.1. The number of amides is 1. The van der Waals surface area contributed by atoms with Gasteiger partial charge in [-0.3, -0.25) is 4.79 Å². The van der Waals surface area contributed by atoms with Gasteiger partial charge in [-0.15, -0.1) is 10.2 Å². The Morgan fingerprint density at radius 3 is 2.53 bits per heavy atom.